The highest BCUT2D eigenvalue weighted by Gasteiger charge is 2.24. The number of nitrogens with one attached hydrogen (secondary N) is 1. The standard InChI is InChI=1S/C24H28N4O5/c29-22(17-4-2-1-3-5-17)26-19-7-9-20(10-8-19)33-24(32)28-14-12-27(13-15-28)21-11-6-18(16-25-21)23(30)31/h6-11,16-17H,1-5,12-15H2,(H,26,29)(H,30,31). The van der Waals surface area contributed by atoms with Gasteiger partial charge in [-0.2, -0.15) is 0 Å². The Labute approximate surface area is 192 Å². The van der Waals surface area contributed by atoms with E-state index in [0.29, 0.717) is 43.4 Å². The lowest BCUT2D eigenvalue weighted by atomic mass is 9.88. The highest BCUT2D eigenvalue weighted by Crippen LogP contribution is 2.25. The third-order valence-corrected chi connectivity index (χ3v) is 6.16. The number of carbonyl (C=O) groups excluding carboxylic acids is 2. The van der Waals surface area contributed by atoms with Gasteiger partial charge in [-0.15, -0.1) is 0 Å². The van der Waals surface area contributed by atoms with Gasteiger partial charge in [0.15, 0.2) is 0 Å². The van der Waals surface area contributed by atoms with E-state index < -0.39 is 12.1 Å². The van der Waals surface area contributed by atoms with Gasteiger partial charge in [0.25, 0.3) is 0 Å². The second kappa shape index (κ2) is 10.3. The number of rotatable bonds is 5. The smallest absolute Gasteiger partial charge is 0.415 e. The first-order valence-corrected chi connectivity index (χ1v) is 11.3. The second-order valence-corrected chi connectivity index (χ2v) is 8.40. The Balaban J connectivity index is 1.25. The molecule has 9 heteroatoms. The number of aromatic carboxylic acids is 1. The number of carboxylic acids is 1. The molecule has 0 radical (unpaired) electrons. The van der Waals surface area contributed by atoms with Crippen molar-refractivity contribution in [2.45, 2.75) is 32.1 Å². The number of carboxylic acid groups (broad SMARTS) is 1. The van der Waals surface area contributed by atoms with Crippen molar-refractivity contribution < 1.29 is 24.2 Å². The average molecular weight is 453 g/mol. The fourth-order valence-electron chi connectivity index (χ4n) is 4.20. The molecule has 0 unspecified atom stereocenters. The summed E-state index contributed by atoms with van der Waals surface area (Å²) >= 11 is 0. The van der Waals surface area contributed by atoms with E-state index in [9.17, 15) is 14.4 Å². The lowest BCUT2D eigenvalue weighted by molar-refractivity contribution is -0.120. The summed E-state index contributed by atoms with van der Waals surface area (Å²) in [5.41, 5.74) is 0.834. The normalized spacial score (nSPS) is 16.8. The number of anilines is 2. The molecular weight excluding hydrogens is 424 g/mol. The van der Waals surface area contributed by atoms with Gasteiger partial charge in [0.05, 0.1) is 5.56 Å². The van der Waals surface area contributed by atoms with Gasteiger partial charge in [0.2, 0.25) is 5.91 Å². The van der Waals surface area contributed by atoms with Gasteiger partial charge in [-0.05, 0) is 49.2 Å². The van der Waals surface area contributed by atoms with E-state index in [-0.39, 0.29) is 17.4 Å². The van der Waals surface area contributed by atoms with Gasteiger partial charge in [0, 0.05) is 44.0 Å². The molecule has 0 spiro atoms. The molecule has 2 N–H and O–H groups in total. The Hall–Kier alpha value is -3.62. The molecule has 9 nitrogen and oxygen atoms in total. The number of pyridine rings is 1. The van der Waals surface area contributed by atoms with Crippen LogP contribution in [-0.2, 0) is 4.79 Å². The SMILES string of the molecule is O=C(O)c1ccc(N2CCN(C(=O)Oc3ccc(NC(=O)C4CCCCC4)cc3)CC2)nc1. The maximum Gasteiger partial charge on any atom is 0.415 e. The van der Waals surface area contributed by atoms with E-state index in [4.69, 9.17) is 9.84 Å². The van der Waals surface area contributed by atoms with E-state index in [1.807, 2.05) is 4.90 Å². The Morgan fingerprint density at radius 3 is 2.24 bits per heavy atom. The molecule has 0 bridgehead atoms. The third kappa shape index (κ3) is 5.79. The number of ether oxygens (including phenoxy) is 1. The van der Waals surface area contributed by atoms with Gasteiger partial charge in [-0.3, -0.25) is 4.79 Å². The Kier molecular flexibility index (Phi) is 7.07. The van der Waals surface area contributed by atoms with Crippen molar-refractivity contribution in [2.75, 3.05) is 36.4 Å². The summed E-state index contributed by atoms with van der Waals surface area (Å²) in [6.07, 6.45) is 6.21. The number of piperazine rings is 1. The summed E-state index contributed by atoms with van der Waals surface area (Å²) in [7, 11) is 0. The topological polar surface area (TPSA) is 112 Å². The quantitative estimate of drug-likeness (QED) is 0.712. The van der Waals surface area contributed by atoms with Gasteiger partial charge in [-0.1, -0.05) is 19.3 Å². The molecule has 1 saturated carbocycles. The van der Waals surface area contributed by atoms with Crippen LogP contribution in [0.5, 0.6) is 5.75 Å². The van der Waals surface area contributed by atoms with E-state index in [2.05, 4.69) is 10.3 Å². The van der Waals surface area contributed by atoms with Crippen molar-refractivity contribution in [3.63, 3.8) is 0 Å². The minimum Gasteiger partial charge on any atom is -0.478 e. The summed E-state index contributed by atoms with van der Waals surface area (Å²) in [6, 6.07) is 10.0. The van der Waals surface area contributed by atoms with Crippen LogP contribution in [0.15, 0.2) is 42.6 Å². The molecular formula is C24H28N4O5. The Morgan fingerprint density at radius 1 is 0.939 bits per heavy atom. The maximum absolute atomic E-state index is 12.5. The van der Waals surface area contributed by atoms with Gasteiger partial charge < -0.3 is 25.0 Å². The molecule has 2 fully saturated rings. The molecule has 2 aromatic rings. The van der Waals surface area contributed by atoms with Crippen LogP contribution in [0, 0.1) is 5.92 Å². The summed E-state index contributed by atoms with van der Waals surface area (Å²) in [5, 5.41) is 11.9. The minimum absolute atomic E-state index is 0.0596. The highest BCUT2D eigenvalue weighted by atomic mass is 16.6. The van der Waals surface area contributed by atoms with Crippen LogP contribution in [0.2, 0.25) is 0 Å². The zero-order chi connectivity index (χ0) is 23.2. The van der Waals surface area contributed by atoms with E-state index in [0.717, 1.165) is 25.7 Å². The minimum atomic E-state index is -1.01. The largest absolute Gasteiger partial charge is 0.478 e. The molecule has 1 saturated heterocycles. The van der Waals surface area contributed by atoms with E-state index >= 15 is 0 Å². The zero-order valence-electron chi connectivity index (χ0n) is 18.4. The fourth-order valence-corrected chi connectivity index (χ4v) is 4.20. The van der Waals surface area contributed by atoms with Crippen molar-refractivity contribution in [2.24, 2.45) is 5.92 Å². The Bertz CT molecular complexity index is 979. The lowest BCUT2D eigenvalue weighted by Crippen LogP contribution is -2.49. The maximum atomic E-state index is 12.5. The van der Waals surface area contributed by atoms with Crippen LogP contribution in [0.3, 0.4) is 0 Å². The monoisotopic (exact) mass is 452 g/mol. The van der Waals surface area contributed by atoms with Crippen molar-refractivity contribution in [1.82, 2.24) is 9.88 Å². The van der Waals surface area contributed by atoms with Crippen LogP contribution in [-0.4, -0.2) is 59.1 Å². The molecule has 2 aliphatic rings. The average Bonchev–Trinajstić information content (AvgIpc) is 2.86. The summed E-state index contributed by atoms with van der Waals surface area (Å²) in [4.78, 5) is 43.7. The van der Waals surface area contributed by atoms with Gasteiger partial charge >= 0.3 is 12.1 Å². The number of hydrogen-bond acceptors (Lipinski definition) is 6. The molecule has 1 aromatic carbocycles. The number of carbonyl (C=O) groups is 3. The zero-order valence-corrected chi connectivity index (χ0v) is 18.4. The molecule has 1 aliphatic heterocycles. The number of nitrogens with zero attached hydrogens (tertiary/aromatic N) is 3. The van der Waals surface area contributed by atoms with Crippen LogP contribution in [0.1, 0.15) is 42.5 Å². The fraction of sp³-hybridized carbons (Fsp3) is 0.417. The van der Waals surface area contributed by atoms with Crippen molar-refractivity contribution >= 4 is 29.5 Å². The van der Waals surface area contributed by atoms with Gasteiger partial charge in [-0.25, -0.2) is 14.6 Å². The highest BCUT2D eigenvalue weighted by molar-refractivity contribution is 5.92. The van der Waals surface area contributed by atoms with Crippen LogP contribution >= 0.6 is 0 Å². The summed E-state index contributed by atoms with van der Waals surface area (Å²) < 4.78 is 5.49. The van der Waals surface area contributed by atoms with E-state index in [1.54, 1.807) is 35.2 Å². The van der Waals surface area contributed by atoms with Crippen molar-refractivity contribution in [1.29, 1.82) is 0 Å². The van der Waals surface area contributed by atoms with Crippen LogP contribution in [0.4, 0.5) is 16.3 Å². The number of amides is 2. The van der Waals surface area contributed by atoms with Crippen LogP contribution in [0.25, 0.3) is 0 Å². The summed E-state index contributed by atoms with van der Waals surface area (Å²) in [6.45, 7) is 2.08. The van der Waals surface area contributed by atoms with Crippen molar-refractivity contribution in [3.05, 3.63) is 48.2 Å². The first kappa shape index (κ1) is 22.6. The summed E-state index contributed by atoms with van der Waals surface area (Å²) in [5.74, 6) is 0.230. The van der Waals surface area contributed by atoms with Crippen molar-refractivity contribution in [3.8, 4) is 5.75 Å². The second-order valence-electron chi connectivity index (χ2n) is 8.40. The molecule has 0 atom stereocenters. The first-order valence-electron chi connectivity index (χ1n) is 11.3. The number of aromatic nitrogens is 1. The third-order valence-electron chi connectivity index (χ3n) is 6.16. The molecule has 1 aromatic heterocycles. The van der Waals surface area contributed by atoms with Crippen LogP contribution < -0.4 is 15.0 Å². The molecule has 4 rings (SSSR count). The Morgan fingerprint density at radius 2 is 1.64 bits per heavy atom. The molecule has 174 valence electrons. The molecule has 33 heavy (non-hydrogen) atoms. The lowest BCUT2D eigenvalue weighted by Gasteiger charge is -2.34. The molecule has 1 aliphatic carbocycles. The number of hydrogen-bond donors (Lipinski definition) is 2. The molecule has 2 amide bonds. The van der Waals surface area contributed by atoms with Gasteiger partial charge in [0.1, 0.15) is 11.6 Å². The molecule has 2 heterocycles. The predicted octanol–water partition coefficient (Wildman–Crippen LogP) is 3.62. The first-order chi connectivity index (χ1) is 16.0. The number of benzene rings is 1. The predicted molar refractivity (Wildman–Crippen MR) is 123 cm³/mol. The van der Waals surface area contributed by atoms with E-state index in [1.165, 1.54) is 18.7 Å².